The first-order valence-electron chi connectivity index (χ1n) is 5.78. The van der Waals surface area contributed by atoms with Crippen LogP contribution in [0.25, 0.3) is 0 Å². The van der Waals surface area contributed by atoms with Gasteiger partial charge in [-0.25, -0.2) is 5.01 Å². The van der Waals surface area contributed by atoms with Gasteiger partial charge < -0.3 is 0 Å². The highest BCUT2D eigenvalue weighted by molar-refractivity contribution is 6.30. The van der Waals surface area contributed by atoms with Crippen LogP contribution < -0.4 is 5.01 Å². The lowest BCUT2D eigenvalue weighted by Crippen LogP contribution is -2.19. The van der Waals surface area contributed by atoms with E-state index in [0.717, 1.165) is 11.3 Å². The van der Waals surface area contributed by atoms with Crippen molar-refractivity contribution in [2.24, 2.45) is 12.1 Å². The average Bonchev–Trinajstić information content (AvgIpc) is 2.97. The number of carbonyl (C=O) groups is 1. The van der Waals surface area contributed by atoms with E-state index >= 15 is 0 Å². The molecule has 2 heterocycles. The number of rotatable bonds is 2. The van der Waals surface area contributed by atoms with Gasteiger partial charge in [-0.1, -0.05) is 11.6 Å². The number of nitrogens with zero attached hydrogens (tertiary/aromatic N) is 4. The maximum absolute atomic E-state index is 12.0. The molecule has 1 aromatic carbocycles. The van der Waals surface area contributed by atoms with E-state index < -0.39 is 0 Å². The summed E-state index contributed by atoms with van der Waals surface area (Å²) in [4.78, 5) is 12.0. The van der Waals surface area contributed by atoms with Crippen LogP contribution in [0, 0.1) is 0 Å². The van der Waals surface area contributed by atoms with Crippen LogP contribution in [0.2, 0.25) is 5.02 Å². The Balaban J connectivity index is 1.93. The van der Waals surface area contributed by atoms with Gasteiger partial charge >= 0.3 is 0 Å². The molecule has 1 aliphatic rings. The number of hydrogen-bond acceptors (Lipinski definition) is 3. The van der Waals surface area contributed by atoms with Gasteiger partial charge in [-0.05, 0) is 24.3 Å². The fraction of sp³-hybridized carbons (Fsp3) is 0.154. The molecule has 0 aliphatic carbocycles. The smallest absolute Gasteiger partial charge is 0.253 e. The number of halogens is 1. The topological polar surface area (TPSA) is 50.5 Å². The number of anilines is 1. The summed E-state index contributed by atoms with van der Waals surface area (Å²) in [6.07, 6.45) is 3.84. The number of aryl methyl sites for hydroxylation is 1. The summed E-state index contributed by atoms with van der Waals surface area (Å²) >= 11 is 5.83. The lowest BCUT2D eigenvalue weighted by Gasteiger charge is -2.10. The molecule has 96 valence electrons. The lowest BCUT2D eigenvalue weighted by molar-refractivity contribution is -0.116. The van der Waals surface area contributed by atoms with Crippen molar-refractivity contribution < 1.29 is 4.79 Å². The molecule has 6 heteroatoms. The summed E-state index contributed by atoms with van der Waals surface area (Å²) in [6.45, 7) is 0. The highest BCUT2D eigenvalue weighted by Gasteiger charge is 2.26. The van der Waals surface area contributed by atoms with Crippen molar-refractivity contribution in [2.75, 3.05) is 5.01 Å². The molecule has 0 radical (unpaired) electrons. The molecule has 1 aliphatic heterocycles. The first kappa shape index (κ1) is 11.9. The molecular formula is C13H11ClN4O. The second kappa shape index (κ2) is 4.51. The average molecular weight is 275 g/mol. The van der Waals surface area contributed by atoms with Crippen molar-refractivity contribution >= 4 is 28.9 Å². The van der Waals surface area contributed by atoms with E-state index in [1.807, 2.05) is 13.2 Å². The molecule has 0 bridgehead atoms. The third-order valence-electron chi connectivity index (χ3n) is 2.88. The van der Waals surface area contributed by atoms with Crippen LogP contribution in [0.5, 0.6) is 0 Å². The van der Waals surface area contributed by atoms with Crippen molar-refractivity contribution in [1.29, 1.82) is 0 Å². The zero-order chi connectivity index (χ0) is 13.4. The molecule has 0 atom stereocenters. The van der Waals surface area contributed by atoms with E-state index in [0.29, 0.717) is 10.7 Å². The van der Waals surface area contributed by atoms with Gasteiger partial charge in [0.2, 0.25) is 0 Å². The van der Waals surface area contributed by atoms with Gasteiger partial charge in [0.25, 0.3) is 5.91 Å². The standard InChI is InChI=1S/C13H11ClN4O/c1-17-8-9(7-15-17)12-6-13(19)18(16-12)11-4-2-10(14)3-5-11/h2-5,7-8H,6H2,1H3. The van der Waals surface area contributed by atoms with Crippen molar-refractivity contribution in [3.8, 4) is 0 Å². The quantitative estimate of drug-likeness (QED) is 0.843. The van der Waals surface area contributed by atoms with Gasteiger partial charge in [-0.15, -0.1) is 0 Å². The van der Waals surface area contributed by atoms with Gasteiger partial charge in [0, 0.05) is 23.8 Å². The molecule has 0 saturated heterocycles. The lowest BCUT2D eigenvalue weighted by atomic mass is 10.1. The van der Waals surface area contributed by atoms with E-state index in [1.165, 1.54) is 5.01 Å². The van der Waals surface area contributed by atoms with Crippen molar-refractivity contribution in [2.45, 2.75) is 6.42 Å². The largest absolute Gasteiger partial charge is 0.275 e. The van der Waals surface area contributed by atoms with Gasteiger partial charge in [-0.2, -0.15) is 10.2 Å². The van der Waals surface area contributed by atoms with Crippen molar-refractivity contribution in [1.82, 2.24) is 9.78 Å². The van der Waals surface area contributed by atoms with Gasteiger partial charge in [0.15, 0.2) is 0 Å². The first-order valence-corrected chi connectivity index (χ1v) is 6.16. The van der Waals surface area contributed by atoms with Crippen molar-refractivity contribution in [3.05, 3.63) is 47.2 Å². The second-order valence-corrected chi connectivity index (χ2v) is 4.74. The van der Waals surface area contributed by atoms with Crippen LogP contribution >= 0.6 is 11.6 Å². The molecule has 1 aromatic heterocycles. The number of amides is 1. The number of hydrogen-bond donors (Lipinski definition) is 0. The van der Waals surface area contributed by atoms with Crippen molar-refractivity contribution in [3.63, 3.8) is 0 Å². The third-order valence-corrected chi connectivity index (χ3v) is 3.14. The SMILES string of the molecule is Cn1cc(C2=NN(c3ccc(Cl)cc3)C(=O)C2)cn1. The molecule has 0 unspecified atom stereocenters. The summed E-state index contributed by atoms with van der Waals surface area (Å²) in [6, 6.07) is 7.02. The van der Waals surface area contributed by atoms with E-state index in [-0.39, 0.29) is 12.3 Å². The van der Waals surface area contributed by atoms with Gasteiger partial charge in [0.05, 0.1) is 24.0 Å². The first-order chi connectivity index (χ1) is 9.13. The summed E-state index contributed by atoms with van der Waals surface area (Å²) in [5.74, 6) is -0.0545. The Hall–Kier alpha value is -2.14. The Labute approximate surface area is 115 Å². The molecule has 19 heavy (non-hydrogen) atoms. The zero-order valence-electron chi connectivity index (χ0n) is 10.2. The normalized spacial score (nSPS) is 14.9. The Kier molecular flexibility index (Phi) is 2.83. The minimum absolute atomic E-state index is 0.0545. The van der Waals surface area contributed by atoms with E-state index in [9.17, 15) is 4.79 Å². The fourth-order valence-corrected chi connectivity index (χ4v) is 2.07. The monoisotopic (exact) mass is 274 g/mol. The molecular weight excluding hydrogens is 264 g/mol. The predicted octanol–water partition coefficient (Wildman–Crippen LogP) is 2.21. The Morgan fingerprint density at radius 2 is 2.00 bits per heavy atom. The minimum Gasteiger partial charge on any atom is -0.275 e. The highest BCUT2D eigenvalue weighted by Crippen LogP contribution is 2.24. The van der Waals surface area contributed by atoms with Gasteiger partial charge in [-0.3, -0.25) is 9.48 Å². The number of aromatic nitrogens is 2. The maximum Gasteiger partial charge on any atom is 0.253 e. The number of hydrazone groups is 1. The van der Waals surface area contributed by atoms with E-state index in [2.05, 4.69) is 10.2 Å². The third kappa shape index (κ3) is 2.24. The van der Waals surface area contributed by atoms with Crippen LogP contribution in [-0.2, 0) is 11.8 Å². The fourth-order valence-electron chi connectivity index (χ4n) is 1.94. The molecule has 5 nitrogen and oxygen atoms in total. The molecule has 2 aromatic rings. The Bertz CT molecular complexity index is 660. The highest BCUT2D eigenvalue weighted by atomic mass is 35.5. The molecule has 0 saturated carbocycles. The number of benzene rings is 1. The summed E-state index contributed by atoms with van der Waals surface area (Å²) in [7, 11) is 1.83. The van der Waals surface area contributed by atoms with Crippen LogP contribution in [0.3, 0.4) is 0 Å². The van der Waals surface area contributed by atoms with Crippen LogP contribution in [-0.4, -0.2) is 21.4 Å². The Morgan fingerprint density at radius 3 is 2.63 bits per heavy atom. The molecule has 0 fully saturated rings. The van der Waals surface area contributed by atoms with Crippen LogP contribution in [0.1, 0.15) is 12.0 Å². The number of carbonyl (C=O) groups excluding carboxylic acids is 1. The van der Waals surface area contributed by atoms with E-state index in [4.69, 9.17) is 11.6 Å². The summed E-state index contributed by atoms with van der Waals surface area (Å²) in [5, 5.41) is 10.5. The van der Waals surface area contributed by atoms with E-state index in [1.54, 1.807) is 35.1 Å². The van der Waals surface area contributed by atoms with Gasteiger partial charge in [0.1, 0.15) is 0 Å². The van der Waals surface area contributed by atoms with Crippen LogP contribution in [0.15, 0.2) is 41.8 Å². The molecule has 0 N–H and O–H groups in total. The molecule has 0 spiro atoms. The molecule has 3 rings (SSSR count). The van der Waals surface area contributed by atoms with Crippen LogP contribution in [0.4, 0.5) is 5.69 Å². The maximum atomic E-state index is 12.0. The second-order valence-electron chi connectivity index (χ2n) is 4.31. The zero-order valence-corrected chi connectivity index (χ0v) is 11.0. The Morgan fingerprint density at radius 1 is 1.26 bits per heavy atom. The molecule has 1 amide bonds. The minimum atomic E-state index is -0.0545. The predicted molar refractivity (Wildman–Crippen MR) is 73.3 cm³/mol. The summed E-state index contributed by atoms with van der Waals surface area (Å²) in [5.41, 5.74) is 2.31. The summed E-state index contributed by atoms with van der Waals surface area (Å²) < 4.78 is 1.69.